The normalized spacial score (nSPS) is 29.7. The minimum Gasteiger partial charge on any atom is -0.387 e. The second kappa shape index (κ2) is 5.77. The van der Waals surface area contributed by atoms with Crippen LogP contribution in [-0.2, 0) is 13.8 Å². The summed E-state index contributed by atoms with van der Waals surface area (Å²) in [5, 5.41) is 23.2. The van der Waals surface area contributed by atoms with Gasteiger partial charge in [0.05, 0.1) is 6.61 Å². The zero-order valence-electron chi connectivity index (χ0n) is 10.4. The zero-order chi connectivity index (χ0) is 15.8. The van der Waals surface area contributed by atoms with Crippen molar-refractivity contribution in [2.24, 2.45) is 5.73 Å². The van der Waals surface area contributed by atoms with Crippen molar-refractivity contribution in [3.05, 3.63) is 12.2 Å². The van der Waals surface area contributed by atoms with Crippen LogP contribution in [0.1, 0.15) is 16.8 Å². The highest BCUT2D eigenvalue weighted by molar-refractivity contribution is 7.46. The van der Waals surface area contributed by atoms with Crippen LogP contribution in [0.4, 0.5) is 0 Å². The summed E-state index contributed by atoms with van der Waals surface area (Å²) in [4.78, 5) is 31.6. The Bertz CT molecular complexity index is 572. The highest BCUT2D eigenvalue weighted by Crippen LogP contribution is 2.38. The molecule has 2 rings (SSSR count). The van der Waals surface area contributed by atoms with Crippen molar-refractivity contribution in [1.82, 2.24) is 14.8 Å². The fourth-order valence-electron chi connectivity index (χ4n) is 1.77. The first-order chi connectivity index (χ1) is 9.69. The molecule has 3 unspecified atom stereocenters. The van der Waals surface area contributed by atoms with Gasteiger partial charge < -0.3 is 30.5 Å². The molecule has 21 heavy (non-hydrogen) atoms. The van der Waals surface area contributed by atoms with Crippen LogP contribution in [0.2, 0.25) is 0 Å². The van der Waals surface area contributed by atoms with Gasteiger partial charge in [0.15, 0.2) is 6.23 Å². The van der Waals surface area contributed by atoms with Gasteiger partial charge in [0.1, 0.15) is 24.6 Å². The van der Waals surface area contributed by atoms with Crippen molar-refractivity contribution in [2.75, 3.05) is 6.61 Å². The number of aliphatic hydroxyl groups excluding tert-OH is 2. The number of phosphoric acid groups is 1. The fraction of sp³-hybridized carbons (Fsp3) is 0.625. The van der Waals surface area contributed by atoms with E-state index in [-0.39, 0.29) is 5.82 Å². The molecule has 0 aromatic carbocycles. The average Bonchev–Trinajstić information content (AvgIpc) is 2.94. The highest BCUT2D eigenvalue weighted by atomic mass is 31.2. The first-order valence-electron chi connectivity index (χ1n) is 5.61. The van der Waals surface area contributed by atoms with Crippen LogP contribution in [0.25, 0.3) is 0 Å². The van der Waals surface area contributed by atoms with Crippen molar-refractivity contribution >= 4 is 13.7 Å². The Morgan fingerprint density at radius 3 is 2.67 bits per heavy atom. The number of ether oxygens (including phenoxy) is 1. The molecule has 1 aliphatic heterocycles. The third kappa shape index (κ3) is 3.63. The van der Waals surface area contributed by atoms with Gasteiger partial charge in [-0.15, -0.1) is 5.10 Å². The van der Waals surface area contributed by atoms with E-state index in [4.69, 9.17) is 20.3 Å². The van der Waals surface area contributed by atoms with Crippen molar-refractivity contribution in [3.63, 3.8) is 0 Å². The Balaban J connectivity index is 2.08. The maximum Gasteiger partial charge on any atom is 0.469 e. The Labute approximate surface area is 117 Å². The van der Waals surface area contributed by atoms with E-state index >= 15 is 0 Å². The Morgan fingerprint density at radius 2 is 2.14 bits per heavy atom. The maximum atomic E-state index is 10.9. The van der Waals surface area contributed by atoms with Gasteiger partial charge in [0, 0.05) is 0 Å². The molecule has 1 fully saturated rings. The fourth-order valence-corrected chi connectivity index (χ4v) is 2.11. The summed E-state index contributed by atoms with van der Waals surface area (Å²) in [5.41, 5.74) is 4.97. The molecule has 1 aliphatic rings. The molecule has 4 atom stereocenters. The number of phosphoric ester groups is 1. The van der Waals surface area contributed by atoms with E-state index < -0.39 is 44.9 Å². The summed E-state index contributed by atoms with van der Waals surface area (Å²) in [5.74, 6) is -1.20. The molecule has 2 heterocycles. The largest absolute Gasteiger partial charge is 0.469 e. The number of nitrogens with zero attached hydrogens (tertiary/aromatic N) is 3. The third-order valence-corrected chi connectivity index (χ3v) is 3.22. The van der Waals surface area contributed by atoms with Crippen LogP contribution < -0.4 is 5.73 Å². The molecule has 6 N–H and O–H groups in total. The van der Waals surface area contributed by atoms with Gasteiger partial charge in [-0.1, -0.05) is 0 Å². The molecular formula is C8H13N4O8P. The number of carbonyl (C=O) groups is 1. The van der Waals surface area contributed by atoms with Gasteiger partial charge in [0.25, 0.3) is 5.91 Å². The van der Waals surface area contributed by atoms with Crippen molar-refractivity contribution < 1.29 is 38.6 Å². The van der Waals surface area contributed by atoms with Gasteiger partial charge in [-0.3, -0.25) is 9.32 Å². The Hall–Kier alpha value is -1.40. The predicted octanol–water partition coefficient (Wildman–Crippen LogP) is -2.89. The quantitative estimate of drug-likeness (QED) is 0.351. The monoisotopic (exact) mass is 324 g/mol. The SMILES string of the molecule is NC(=O)c1ncn(C2OC(COP(=O)(O)O)C(O)[C@H]2O)n1. The van der Waals surface area contributed by atoms with E-state index in [9.17, 15) is 19.6 Å². The summed E-state index contributed by atoms with van der Waals surface area (Å²) in [6.07, 6.45) is -4.27. The summed E-state index contributed by atoms with van der Waals surface area (Å²) >= 11 is 0. The molecule has 118 valence electrons. The number of rotatable bonds is 5. The molecule has 1 amide bonds. The second-order valence-corrected chi connectivity index (χ2v) is 5.48. The lowest BCUT2D eigenvalue weighted by Crippen LogP contribution is -2.33. The minimum atomic E-state index is -4.73. The Kier molecular flexibility index (Phi) is 4.39. The van der Waals surface area contributed by atoms with Gasteiger partial charge in [-0.25, -0.2) is 14.2 Å². The molecule has 0 aliphatic carbocycles. The Morgan fingerprint density at radius 1 is 1.48 bits per heavy atom. The molecule has 1 aromatic rings. The summed E-state index contributed by atoms with van der Waals surface area (Å²) in [6.45, 7) is -0.642. The van der Waals surface area contributed by atoms with E-state index in [1.165, 1.54) is 0 Å². The number of aliphatic hydroxyl groups is 2. The summed E-state index contributed by atoms with van der Waals surface area (Å²) in [7, 11) is -4.73. The average molecular weight is 324 g/mol. The van der Waals surface area contributed by atoms with Gasteiger partial charge >= 0.3 is 7.82 Å². The predicted molar refractivity (Wildman–Crippen MR) is 62.5 cm³/mol. The highest BCUT2D eigenvalue weighted by Gasteiger charge is 2.45. The molecule has 0 radical (unpaired) electrons. The van der Waals surface area contributed by atoms with Crippen LogP contribution in [0.3, 0.4) is 0 Å². The molecule has 1 saturated heterocycles. The number of nitrogens with two attached hydrogens (primary N) is 1. The maximum absolute atomic E-state index is 10.9. The van der Waals surface area contributed by atoms with Gasteiger partial charge in [-0.2, -0.15) is 0 Å². The van der Waals surface area contributed by atoms with E-state index in [2.05, 4.69) is 14.6 Å². The molecule has 1 aromatic heterocycles. The third-order valence-electron chi connectivity index (χ3n) is 2.73. The minimum absolute atomic E-state index is 0.310. The van der Waals surface area contributed by atoms with Crippen LogP contribution in [-0.4, -0.2) is 65.6 Å². The van der Waals surface area contributed by atoms with Crippen LogP contribution in [0, 0.1) is 0 Å². The van der Waals surface area contributed by atoms with Crippen molar-refractivity contribution in [2.45, 2.75) is 24.5 Å². The van der Waals surface area contributed by atoms with Crippen molar-refractivity contribution in [1.29, 1.82) is 0 Å². The van der Waals surface area contributed by atoms with Crippen molar-refractivity contribution in [3.8, 4) is 0 Å². The lowest BCUT2D eigenvalue weighted by molar-refractivity contribution is -0.0581. The zero-order valence-corrected chi connectivity index (χ0v) is 11.3. The van der Waals surface area contributed by atoms with Crippen LogP contribution >= 0.6 is 7.82 Å². The first kappa shape index (κ1) is 16.0. The van der Waals surface area contributed by atoms with Gasteiger partial charge in [0.2, 0.25) is 5.82 Å². The lowest BCUT2D eigenvalue weighted by Gasteiger charge is -2.14. The first-order valence-corrected chi connectivity index (χ1v) is 7.14. The summed E-state index contributed by atoms with van der Waals surface area (Å²) in [6, 6.07) is 0. The van der Waals surface area contributed by atoms with E-state index in [0.29, 0.717) is 0 Å². The lowest BCUT2D eigenvalue weighted by atomic mass is 10.1. The molecular weight excluding hydrogens is 311 g/mol. The summed E-state index contributed by atoms with van der Waals surface area (Å²) < 4.78 is 21.0. The molecule has 0 spiro atoms. The number of amides is 1. The molecule has 0 saturated carbocycles. The number of primary amides is 1. The second-order valence-electron chi connectivity index (χ2n) is 4.25. The number of aromatic nitrogens is 3. The van der Waals surface area contributed by atoms with Crippen LogP contribution in [0.15, 0.2) is 6.33 Å². The molecule has 13 heteroatoms. The molecule has 12 nitrogen and oxygen atoms in total. The van der Waals surface area contributed by atoms with E-state index in [1.54, 1.807) is 0 Å². The van der Waals surface area contributed by atoms with Crippen LogP contribution in [0.5, 0.6) is 0 Å². The number of hydrogen-bond acceptors (Lipinski definition) is 8. The number of carbonyl (C=O) groups excluding carboxylic acids is 1. The van der Waals surface area contributed by atoms with Gasteiger partial charge in [-0.05, 0) is 0 Å². The topological polar surface area (TPSA) is 190 Å². The molecule has 0 bridgehead atoms. The van der Waals surface area contributed by atoms with E-state index in [1.807, 2.05) is 0 Å². The number of hydrogen-bond donors (Lipinski definition) is 5. The smallest absolute Gasteiger partial charge is 0.387 e. The standard InChI is InChI=1S/C8H13N4O8P/c9-6(15)7-10-2-12(11-7)8-5(14)4(13)3(20-8)1-19-21(16,17)18/h2-5,8,13-14H,1H2,(H2,9,15)(H2,16,17,18)/t3?,4?,5-,8?/m1/s1. The van der Waals surface area contributed by atoms with E-state index in [0.717, 1.165) is 11.0 Å².